The van der Waals surface area contributed by atoms with Crippen LogP contribution in [0.3, 0.4) is 0 Å². The van der Waals surface area contributed by atoms with Gasteiger partial charge in [-0.1, -0.05) is 18.2 Å². The van der Waals surface area contributed by atoms with Crippen molar-refractivity contribution in [1.82, 2.24) is 4.90 Å². The largest absolute Gasteiger partial charge is 0.481 e. The fourth-order valence-electron chi connectivity index (χ4n) is 2.62. The van der Waals surface area contributed by atoms with Crippen molar-refractivity contribution >= 4 is 17.6 Å². The van der Waals surface area contributed by atoms with Crippen LogP contribution in [0.4, 0.5) is 5.69 Å². The molecule has 0 saturated carbocycles. The summed E-state index contributed by atoms with van der Waals surface area (Å²) in [5, 5.41) is 8.66. The fraction of sp³-hybridized carbons (Fsp3) is 0.467. The fourth-order valence-corrected chi connectivity index (χ4v) is 2.62. The van der Waals surface area contributed by atoms with Gasteiger partial charge in [0.05, 0.1) is 13.0 Å². The van der Waals surface area contributed by atoms with Gasteiger partial charge in [0.25, 0.3) is 0 Å². The number of carbonyl (C=O) groups is 2. The monoisotopic (exact) mass is 276 g/mol. The number of para-hydroxylation sites is 1. The zero-order valence-electron chi connectivity index (χ0n) is 11.9. The Morgan fingerprint density at radius 2 is 2.10 bits per heavy atom. The number of carboxylic acid groups (broad SMARTS) is 1. The molecule has 0 radical (unpaired) electrons. The molecule has 20 heavy (non-hydrogen) atoms. The van der Waals surface area contributed by atoms with Gasteiger partial charge >= 0.3 is 5.97 Å². The van der Waals surface area contributed by atoms with Gasteiger partial charge < -0.3 is 10.0 Å². The highest BCUT2D eigenvalue weighted by atomic mass is 16.4. The molecule has 5 nitrogen and oxygen atoms in total. The quantitative estimate of drug-likeness (QED) is 0.882. The summed E-state index contributed by atoms with van der Waals surface area (Å²) in [5.74, 6) is -0.820. The standard InChI is InChI=1S/C15H20N2O3/c1-11-9-12-5-3-4-6-13(12)17(11)14(18)10-16(2)8-7-15(19)20/h3-6,11H,7-10H2,1-2H3,(H,19,20). The highest BCUT2D eigenvalue weighted by Gasteiger charge is 2.30. The SMILES string of the molecule is CC1Cc2ccccc2N1C(=O)CN(C)CCC(=O)O. The Morgan fingerprint density at radius 3 is 2.80 bits per heavy atom. The Bertz CT molecular complexity index is 516. The van der Waals surface area contributed by atoms with Crippen molar-refractivity contribution in [2.45, 2.75) is 25.8 Å². The molecule has 5 heteroatoms. The van der Waals surface area contributed by atoms with Crippen LogP contribution in [0, 0.1) is 0 Å². The van der Waals surface area contributed by atoms with Crippen molar-refractivity contribution in [1.29, 1.82) is 0 Å². The Kier molecular flexibility index (Phi) is 4.39. The van der Waals surface area contributed by atoms with E-state index in [1.165, 1.54) is 5.56 Å². The summed E-state index contributed by atoms with van der Waals surface area (Å²) in [4.78, 5) is 26.5. The van der Waals surface area contributed by atoms with E-state index < -0.39 is 5.97 Å². The van der Waals surface area contributed by atoms with Crippen molar-refractivity contribution in [3.8, 4) is 0 Å². The molecule has 0 spiro atoms. The van der Waals surface area contributed by atoms with Gasteiger partial charge in [0.2, 0.25) is 5.91 Å². The van der Waals surface area contributed by atoms with E-state index in [1.807, 2.05) is 36.1 Å². The van der Waals surface area contributed by atoms with Gasteiger partial charge in [0.1, 0.15) is 0 Å². The molecule has 0 fully saturated rings. The van der Waals surface area contributed by atoms with Gasteiger partial charge in [-0.25, -0.2) is 0 Å². The summed E-state index contributed by atoms with van der Waals surface area (Å²) in [7, 11) is 1.77. The molecule has 2 rings (SSSR count). The van der Waals surface area contributed by atoms with Crippen LogP contribution < -0.4 is 4.90 Å². The van der Waals surface area contributed by atoms with E-state index in [1.54, 1.807) is 11.9 Å². The topological polar surface area (TPSA) is 60.9 Å². The number of hydrogen-bond acceptors (Lipinski definition) is 3. The summed E-state index contributed by atoms with van der Waals surface area (Å²) in [6.45, 7) is 2.66. The second-order valence-electron chi connectivity index (χ2n) is 5.33. The molecule has 1 heterocycles. The molecule has 1 unspecified atom stereocenters. The number of hydrogen-bond donors (Lipinski definition) is 1. The molecule has 108 valence electrons. The van der Waals surface area contributed by atoms with Crippen LogP contribution in [-0.2, 0) is 16.0 Å². The molecule has 1 N–H and O–H groups in total. The van der Waals surface area contributed by atoms with Crippen molar-refractivity contribution in [3.63, 3.8) is 0 Å². The minimum absolute atomic E-state index is 0.0235. The maximum absolute atomic E-state index is 12.4. The van der Waals surface area contributed by atoms with E-state index >= 15 is 0 Å². The maximum atomic E-state index is 12.4. The Balaban J connectivity index is 2.01. The second-order valence-corrected chi connectivity index (χ2v) is 5.33. The van der Waals surface area contributed by atoms with Crippen LogP contribution in [0.25, 0.3) is 0 Å². The molecule has 0 bridgehead atoms. The number of aliphatic carboxylic acids is 1. The number of nitrogens with zero attached hydrogens (tertiary/aromatic N) is 2. The van der Waals surface area contributed by atoms with Gasteiger partial charge in [-0.3, -0.25) is 14.5 Å². The molecule has 1 aliphatic heterocycles. The van der Waals surface area contributed by atoms with Gasteiger partial charge in [-0.15, -0.1) is 0 Å². The first-order chi connectivity index (χ1) is 9.49. The lowest BCUT2D eigenvalue weighted by Crippen LogP contribution is -2.42. The van der Waals surface area contributed by atoms with Crippen LogP contribution in [0.2, 0.25) is 0 Å². The number of carbonyl (C=O) groups excluding carboxylic acids is 1. The second kappa shape index (κ2) is 6.05. The predicted octanol–water partition coefficient (Wildman–Crippen LogP) is 1.37. The molecular weight excluding hydrogens is 256 g/mol. The van der Waals surface area contributed by atoms with Gasteiger partial charge in [-0.05, 0) is 32.0 Å². The first-order valence-corrected chi connectivity index (χ1v) is 6.79. The number of anilines is 1. The van der Waals surface area contributed by atoms with Crippen LogP contribution >= 0.6 is 0 Å². The minimum atomic E-state index is -0.843. The molecule has 1 aliphatic rings. The molecule has 1 atom stereocenters. The first-order valence-electron chi connectivity index (χ1n) is 6.79. The highest BCUT2D eigenvalue weighted by Crippen LogP contribution is 2.31. The van der Waals surface area contributed by atoms with E-state index in [9.17, 15) is 9.59 Å². The van der Waals surface area contributed by atoms with Crippen LogP contribution in [0.1, 0.15) is 18.9 Å². The number of carboxylic acids is 1. The maximum Gasteiger partial charge on any atom is 0.304 e. The Hall–Kier alpha value is -1.88. The van der Waals surface area contributed by atoms with E-state index in [0.29, 0.717) is 6.54 Å². The van der Waals surface area contributed by atoms with Crippen molar-refractivity contribution in [2.75, 3.05) is 25.0 Å². The molecule has 1 aromatic carbocycles. The average Bonchev–Trinajstić information content (AvgIpc) is 2.72. The summed E-state index contributed by atoms with van der Waals surface area (Å²) in [5.41, 5.74) is 2.18. The molecule has 0 aliphatic carbocycles. The first kappa shape index (κ1) is 14.5. The number of benzene rings is 1. The molecule has 1 amide bonds. The summed E-state index contributed by atoms with van der Waals surface area (Å²) < 4.78 is 0. The summed E-state index contributed by atoms with van der Waals surface area (Å²) >= 11 is 0. The third-order valence-electron chi connectivity index (χ3n) is 3.59. The van der Waals surface area contributed by atoms with E-state index in [0.717, 1.165) is 12.1 Å². The van der Waals surface area contributed by atoms with Crippen LogP contribution in [-0.4, -0.2) is 48.1 Å². The molecular formula is C15H20N2O3. The number of rotatable bonds is 5. The lowest BCUT2D eigenvalue weighted by molar-refractivity contribution is -0.137. The zero-order valence-corrected chi connectivity index (χ0v) is 11.9. The van der Waals surface area contributed by atoms with Crippen molar-refractivity contribution in [3.05, 3.63) is 29.8 Å². The normalized spacial score (nSPS) is 17.4. The van der Waals surface area contributed by atoms with Gasteiger partial charge in [-0.2, -0.15) is 0 Å². The lowest BCUT2D eigenvalue weighted by Gasteiger charge is -2.25. The number of amides is 1. The lowest BCUT2D eigenvalue weighted by atomic mass is 10.1. The Morgan fingerprint density at radius 1 is 1.40 bits per heavy atom. The predicted molar refractivity (Wildman–Crippen MR) is 76.8 cm³/mol. The smallest absolute Gasteiger partial charge is 0.304 e. The van der Waals surface area contributed by atoms with Crippen molar-refractivity contribution in [2.24, 2.45) is 0 Å². The number of likely N-dealkylation sites (N-methyl/N-ethyl adjacent to an activating group) is 1. The van der Waals surface area contributed by atoms with Crippen LogP contribution in [0.15, 0.2) is 24.3 Å². The molecule has 0 aromatic heterocycles. The zero-order chi connectivity index (χ0) is 14.7. The molecule has 0 saturated heterocycles. The average molecular weight is 276 g/mol. The van der Waals surface area contributed by atoms with Gasteiger partial charge in [0.15, 0.2) is 0 Å². The third-order valence-corrected chi connectivity index (χ3v) is 3.59. The van der Waals surface area contributed by atoms with E-state index in [4.69, 9.17) is 5.11 Å². The number of fused-ring (bicyclic) bond motifs is 1. The van der Waals surface area contributed by atoms with E-state index in [-0.39, 0.29) is 24.9 Å². The Labute approximate surface area is 118 Å². The highest BCUT2D eigenvalue weighted by molar-refractivity contribution is 5.97. The third kappa shape index (κ3) is 3.17. The van der Waals surface area contributed by atoms with Crippen molar-refractivity contribution < 1.29 is 14.7 Å². The van der Waals surface area contributed by atoms with Crippen LogP contribution in [0.5, 0.6) is 0 Å². The van der Waals surface area contributed by atoms with E-state index in [2.05, 4.69) is 0 Å². The molecule has 1 aromatic rings. The summed E-state index contributed by atoms with van der Waals surface area (Å²) in [6, 6.07) is 8.10. The minimum Gasteiger partial charge on any atom is -0.481 e. The van der Waals surface area contributed by atoms with Gasteiger partial charge in [0, 0.05) is 18.3 Å². The summed E-state index contributed by atoms with van der Waals surface area (Å²) in [6.07, 6.45) is 0.927.